The molecule has 0 amide bonds. The smallest absolute Gasteiger partial charge is 0.162 e. The first-order chi connectivity index (χ1) is 5.25. The van der Waals surface area contributed by atoms with Gasteiger partial charge < -0.3 is 0 Å². The first kappa shape index (κ1) is 7.99. The lowest BCUT2D eigenvalue weighted by atomic mass is 10.1. The highest BCUT2D eigenvalue weighted by molar-refractivity contribution is 6.02. The second-order valence-corrected chi connectivity index (χ2v) is 2.62. The third-order valence-electron chi connectivity index (χ3n) is 1.84. The van der Waals surface area contributed by atoms with Crippen molar-refractivity contribution in [3.63, 3.8) is 0 Å². The molecular weight excluding hydrogens is 136 g/mol. The van der Waals surface area contributed by atoms with Crippen LogP contribution >= 0.6 is 0 Å². The Labute approximate surface area is 67.1 Å². The SMILES string of the molecule is C=C1C(=O)CC/C1=C/C=C\C. The number of hydrogen-bond acceptors (Lipinski definition) is 1. The Morgan fingerprint density at radius 3 is 2.64 bits per heavy atom. The van der Waals surface area contributed by atoms with Crippen LogP contribution in [0.2, 0.25) is 0 Å². The zero-order valence-corrected chi connectivity index (χ0v) is 6.76. The minimum absolute atomic E-state index is 0.195. The molecular formula is C10H12O. The molecule has 1 fully saturated rings. The average molecular weight is 148 g/mol. The fourth-order valence-corrected chi connectivity index (χ4v) is 1.13. The molecule has 0 unspecified atom stereocenters. The molecule has 11 heavy (non-hydrogen) atoms. The largest absolute Gasteiger partial charge is 0.294 e. The number of ketones is 1. The third kappa shape index (κ3) is 1.67. The average Bonchev–Trinajstić information content (AvgIpc) is 2.31. The minimum atomic E-state index is 0.195. The van der Waals surface area contributed by atoms with Gasteiger partial charge in [0.15, 0.2) is 5.78 Å². The molecule has 0 aliphatic heterocycles. The summed E-state index contributed by atoms with van der Waals surface area (Å²) in [5.41, 5.74) is 1.79. The van der Waals surface area contributed by atoms with Crippen molar-refractivity contribution in [1.29, 1.82) is 0 Å². The molecule has 0 heterocycles. The van der Waals surface area contributed by atoms with E-state index in [-0.39, 0.29) is 5.78 Å². The van der Waals surface area contributed by atoms with Crippen molar-refractivity contribution in [2.75, 3.05) is 0 Å². The maximum atomic E-state index is 11.0. The molecule has 0 aromatic heterocycles. The fourth-order valence-electron chi connectivity index (χ4n) is 1.13. The van der Waals surface area contributed by atoms with Gasteiger partial charge >= 0.3 is 0 Å². The second kappa shape index (κ2) is 3.33. The van der Waals surface area contributed by atoms with Crippen molar-refractivity contribution in [3.05, 3.63) is 36.0 Å². The minimum Gasteiger partial charge on any atom is -0.294 e. The number of allylic oxidation sites excluding steroid dienone is 5. The summed E-state index contributed by atoms with van der Waals surface area (Å²) in [4.78, 5) is 11.0. The molecule has 1 heteroatoms. The standard InChI is InChI=1S/C10H12O/c1-3-4-5-9-6-7-10(11)8(9)2/h3-5H,2,6-7H2,1H3/b4-3-,9-5-. The molecule has 0 spiro atoms. The van der Waals surface area contributed by atoms with Gasteiger partial charge in [0.1, 0.15) is 0 Å². The number of hydrogen-bond donors (Lipinski definition) is 0. The van der Waals surface area contributed by atoms with Crippen LogP contribution in [0.4, 0.5) is 0 Å². The maximum absolute atomic E-state index is 11.0. The molecule has 0 bridgehead atoms. The number of carbonyl (C=O) groups excluding carboxylic acids is 1. The Morgan fingerprint density at radius 2 is 2.18 bits per heavy atom. The summed E-state index contributed by atoms with van der Waals surface area (Å²) in [6.07, 6.45) is 7.36. The van der Waals surface area contributed by atoms with Crippen molar-refractivity contribution in [1.82, 2.24) is 0 Å². The van der Waals surface area contributed by atoms with Crippen LogP contribution in [0, 0.1) is 0 Å². The second-order valence-electron chi connectivity index (χ2n) is 2.62. The third-order valence-corrected chi connectivity index (χ3v) is 1.84. The molecule has 58 valence electrons. The molecule has 1 saturated carbocycles. The van der Waals surface area contributed by atoms with Crippen LogP contribution in [-0.2, 0) is 4.79 Å². The maximum Gasteiger partial charge on any atom is 0.162 e. The quantitative estimate of drug-likeness (QED) is 0.522. The van der Waals surface area contributed by atoms with Crippen molar-refractivity contribution in [2.24, 2.45) is 0 Å². The van der Waals surface area contributed by atoms with E-state index in [2.05, 4.69) is 6.58 Å². The number of rotatable bonds is 1. The predicted molar refractivity (Wildman–Crippen MR) is 46.3 cm³/mol. The van der Waals surface area contributed by atoms with Gasteiger partial charge in [0.25, 0.3) is 0 Å². The van der Waals surface area contributed by atoms with Gasteiger partial charge in [-0.15, -0.1) is 0 Å². The lowest BCUT2D eigenvalue weighted by Crippen LogP contribution is -1.89. The van der Waals surface area contributed by atoms with Crippen LogP contribution < -0.4 is 0 Å². The molecule has 0 radical (unpaired) electrons. The van der Waals surface area contributed by atoms with E-state index in [0.29, 0.717) is 12.0 Å². The summed E-state index contributed by atoms with van der Waals surface area (Å²) in [6.45, 7) is 5.67. The summed E-state index contributed by atoms with van der Waals surface area (Å²) in [5, 5.41) is 0. The summed E-state index contributed by atoms with van der Waals surface area (Å²) in [5.74, 6) is 0.195. The molecule has 0 atom stereocenters. The van der Waals surface area contributed by atoms with Crippen LogP contribution in [0.1, 0.15) is 19.8 Å². The summed E-state index contributed by atoms with van der Waals surface area (Å²) < 4.78 is 0. The Kier molecular flexibility index (Phi) is 2.42. The normalized spacial score (nSPS) is 22.5. The van der Waals surface area contributed by atoms with Gasteiger partial charge in [-0.25, -0.2) is 0 Å². The summed E-state index contributed by atoms with van der Waals surface area (Å²) in [7, 11) is 0. The summed E-state index contributed by atoms with van der Waals surface area (Å²) in [6, 6.07) is 0. The van der Waals surface area contributed by atoms with Crippen LogP contribution in [0.5, 0.6) is 0 Å². The number of Topliss-reactive ketones (excluding diaryl/α,β-unsaturated/α-hetero) is 1. The van der Waals surface area contributed by atoms with E-state index < -0.39 is 0 Å². The van der Waals surface area contributed by atoms with E-state index in [0.717, 1.165) is 12.0 Å². The van der Waals surface area contributed by atoms with Gasteiger partial charge in [0, 0.05) is 12.0 Å². The highest BCUT2D eigenvalue weighted by Crippen LogP contribution is 2.25. The molecule has 1 nitrogen and oxygen atoms in total. The van der Waals surface area contributed by atoms with Crippen LogP contribution in [0.25, 0.3) is 0 Å². The first-order valence-electron chi connectivity index (χ1n) is 3.80. The highest BCUT2D eigenvalue weighted by Gasteiger charge is 2.19. The van der Waals surface area contributed by atoms with Crippen molar-refractivity contribution < 1.29 is 4.79 Å². The van der Waals surface area contributed by atoms with E-state index in [9.17, 15) is 4.79 Å². The molecule has 0 aromatic carbocycles. The Bertz CT molecular complexity index is 244. The molecule has 0 N–H and O–H groups in total. The molecule has 0 aromatic rings. The van der Waals surface area contributed by atoms with Gasteiger partial charge in [-0.2, -0.15) is 0 Å². The first-order valence-corrected chi connectivity index (χ1v) is 3.80. The molecule has 0 saturated heterocycles. The number of carbonyl (C=O) groups is 1. The fraction of sp³-hybridized carbons (Fsp3) is 0.300. The van der Waals surface area contributed by atoms with Gasteiger partial charge in [-0.1, -0.05) is 24.8 Å². The topological polar surface area (TPSA) is 17.1 Å². The molecule has 1 rings (SSSR count). The zero-order chi connectivity index (χ0) is 8.27. The monoisotopic (exact) mass is 148 g/mol. The van der Waals surface area contributed by atoms with Crippen LogP contribution in [-0.4, -0.2) is 5.78 Å². The van der Waals surface area contributed by atoms with Crippen molar-refractivity contribution >= 4 is 5.78 Å². The zero-order valence-electron chi connectivity index (χ0n) is 6.76. The Morgan fingerprint density at radius 1 is 1.45 bits per heavy atom. The van der Waals surface area contributed by atoms with Crippen molar-refractivity contribution in [3.8, 4) is 0 Å². The Hall–Kier alpha value is -1.11. The van der Waals surface area contributed by atoms with Crippen LogP contribution in [0.3, 0.4) is 0 Å². The van der Waals surface area contributed by atoms with Crippen molar-refractivity contribution in [2.45, 2.75) is 19.8 Å². The predicted octanol–water partition coefficient (Wildman–Crippen LogP) is 2.41. The van der Waals surface area contributed by atoms with E-state index in [4.69, 9.17) is 0 Å². The van der Waals surface area contributed by atoms with Gasteiger partial charge in [-0.3, -0.25) is 4.79 Å². The lowest BCUT2D eigenvalue weighted by molar-refractivity contribution is -0.114. The van der Waals surface area contributed by atoms with Gasteiger partial charge in [0.05, 0.1) is 0 Å². The molecule has 1 aliphatic carbocycles. The van der Waals surface area contributed by atoms with E-state index in [1.165, 1.54) is 0 Å². The van der Waals surface area contributed by atoms with Crippen LogP contribution in [0.15, 0.2) is 36.0 Å². The Balaban J connectivity index is 2.77. The summed E-state index contributed by atoms with van der Waals surface area (Å²) >= 11 is 0. The van der Waals surface area contributed by atoms with E-state index in [1.807, 2.05) is 25.2 Å². The van der Waals surface area contributed by atoms with E-state index in [1.54, 1.807) is 0 Å². The van der Waals surface area contributed by atoms with E-state index >= 15 is 0 Å². The van der Waals surface area contributed by atoms with Gasteiger partial charge in [-0.05, 0) is 18.9 Å². The highest BCUT2D eigenvalue weighted by atomic mass is 16.1. The lowest BCUT2D eigenvalue weighted by Gasteiger charge is -1.91. The molecule has 1 aliphatic rings. The van der Waals surface area contributed by atoms with Gasteiger partial charge in [0.2, 0.25) is 0 Å².